The molecule has 0 radical (unpaired) electrons. The number of hydrogen-bond donors (Lipinski definition) is 2. The molecular formula is C14H22N2O2S2. The SMILES string of the molecule is CC(N)c1ccc(S(=O)(=O)NCC2CCCCS2)cc1. The molecule has 0 spiro atoms. The van der Waals surface area contributed by atoms with E-state index in [1.807, 2.05) is 18.7 Å². The predicted molar refractivity (Wildman–Crippen MR) is 84.3 cm³/mol. The summed E-state index contributed by atoms with van der Waals surface area (Å²) in [5.74, 6) is 1.13. The molecule has 0 saturated carbocycles. The van der Waals surface area contributed by atoms with Crippen LogP contribution in [0.3, 0.4) is 0 Å². The zero-order chi connectivity index (χ0) is 14.6. The van der Waals surface area contributed by atoms with Gasteiger partial charge in [0, 0.05) is 17.8 Å². The predicted octanol–water partition coefficient (Wildman–Crippen LogP) is 2.27. The molecular weight excluding hydrogens is 292 g/mol. The largest absolute Gasteiger partial charge is 0.324 e. The molecule has 2 rings (SSSR count). The molecule has 1 aromatic carbocycles. The minimum atomic E-state index is -3.41. The van der Waals surface area contributed by atoms with Gasteiger partial charge < -0.3 is 5.73 Å². The van der Waals surface area contributed by atoms with Crippen molar-refractivity contribution in [2.45, 2.75) is 42.4 Å². The average molecular weight is 314 g/mol. The molecule has 0 amide bonds. The van der Waals surface area contributed by atoms with Gasteiger partial charge in [0.25, 0.3) is 0 Å². The summed E-state index contributed by atoms with van der Waals surface area (Å²) in [5, 5.41) is 0.405. The Bertz CT molecular complexity index is 521. The zero-order valence-corrected chi connectivity index (χ0v) is 13.3. The Morgan fingerprint density at radius 3 is 2.60 bits per heavy atom. The van der Waals surface area contributed by atoms with Crippen molar-refractivity contribution in [3.63, 3.8) is 0 Å². The first kappa shape index (κ1) is 15.8. The molecule has 1 aliphatic heterocycles. The Labute approximate surface area is 125 Å². The molecule has 20 heavy (non-hydrogen) atoms. The fourth-order valence-corrected chi connectivity index (χ4v) is 4.63. The lowest BCUT2D eigenvalue weighted by Gasteiger charge is -2.21. The summed E-state index contributed by atoms with van der Waals surface area (Å²) < 4.78 is 27.1. The highest BCUT2D eigenvalue weighted by Crippen LogP contribution is 2.24. The van der Waals surface area contributed by atoms with E-state index in [0.717, 1.165) is 17.7 Å². The van der Waals surface area contributed by atoms with Crippen LogP contribution < -0.4 is 10.5 Å². The van der Waals surface area contributed by atoms with Crippen LogP contribution in [0.2, 0.25) is 0 Å². The molecule has 0 aliphatic carbocycles. The quantitative estimate of drug-likeness (QED) is 0.874. The van der Waals surface area contributed by atoms with Crippen LogP contribution in [0.4, 0.5) is 0 Å². The molecule has 6 heteroatoms. The van der Waals surface area contributed by atoms with Crippen molar-refractivity contribution in [2.75, 3.05) is 12.3 Å². The molecule has 1 saturated heterocycles. The number of sulfonamides is 1. The minimum absolute atomic E-state index is 0.0849. The number of nitrogens with two attached hydrogens (primary N) is 1. The van der Waals surface area contributed by atoms with Gasteiger partial charge in [-0.15, -0.1) is 0 Å². The molecule has 2 atom stereocenters. The van der Waals surface area contributed by atoms with E-state index in [1.165, 1.54) is 12.8 Å². The highest BCUT2D eigenvalue weighted by atomic mass is 32.2. The van der Waals surface area contributed by atoms with Crippen LogP contribution in [0.5, 0.6) is 0 Å². The summed E-state index contributed by atoms with van der Waals surface area (Å²) in [6.45, 7) is 2.39. The van der Waals surface area contributed by atoms with Crippen LogP contribution in [0, 0.1) is 0 Å². The number of hydrogen-bond acceptors (Lipinski definition) is 4. The fourth-order valence-electron chi connectivity index (χ4n) is 2.20. The third kappa shape index (κ3) is 4.22. The molecule has 1 heterocycles. The maximum Gasteiger partial charge on any atom is 0.240 e. The Hall–Kier alpha value is -0.560. The normalized spacial score (nSPS) is 21.6. The van der Waals surface area contributed by atoms with Crippen molar-refractivity contribution >= 4 is 21.8 Å². The van der Waals surface area contributed by atoms with Crippen LogP contribution in [0.1, 0.15) is 37.8 Å². The van der Waals surface area contributed by atoms with E-state index >= 15 is 0 Å². The average Bonchev–Trinajstić information content (AvgIpc) is 2.46. The highest BCUT2D eigenvalue weighted by Gasteiger charge is 2.19. The van der Waals surface area contributed by atoms with Gasteiger partial charge in [0.15, 0.2) is 0 Å². The molecule has 4 nitrogen and oxygen atoms in total. The van der Waals surface area contributed by atoms with Gasteiger partial charge in [-0.3, -0.25) is 0 Å². The summed E-state index contributed by atoms with van der Waals surface area (Å²) in [6, 6.07) is 6.70. The van der Waals surface area contributed by atoms with E-state index in [-0.39, 0.29) is 6.04 Å². The van der Waals surface area contributed by atoms with Gasteiger partial charge in [-0.05, 0) is 43.2 Å². The number of thioether (sulfide) groups is 1. The molecule has 1 fully saturated rings. The Kier molecular flexibility index (Phi) is 5.49. The topological polar surface area (TPSA) is 72.2 Å². The van der Waals surface area contributed by atoms with E-state index in [1.54, 1.807) is 24.3 Å². The smallest absolute Gasteiger partial charge is 0.240 e. The molecule has 0 aromatic heterocycles. The standard InChI is InChI=1S/C14H22N2O2S2/c1-11(15)12-5-7-14(8-6-12)20(17,18)16-10-13-4-2-3-9-19-13/h5-8,11,13,16H,2-4,9-10,15H2,1H3. The van der Waals surface area contributed by atoms with Crippen LogP contribution in [-0.4, -0.2) is 26.0 Å². The molecule has 112 valence electrons. The van der Waals surface area contributed by atoms with E-state index in [2.05, 4.69) is 4.72 Å². The lowest BCUT2D eigenvalue weighted by Crippen LogP contribution is -2.32. The van der Waals surface area contributed by atoms with Gasteiger partial charge in [-0.25, -0.2) is 13.1 Å². The Balaban J connectivity index is 1.98. The molecule has 1 aromatic rings. The van der Waals surface area contributed by atoms with E-state index in [0.29, 0.717) is 16.7 Å². The van der Waals surface area contributed by atoms with Crippen molar-refractivity contribution in [2.24, 2.45) is 5.73 Å². The van der Waals surface area contributed by atoms with Crippen molar-refractivity contribution < 1.29 is 8.42 Å². The fraction of sp³-hybridized carbons (Fsp3) is 0.571. The first-order chi connectivity index (χ1) is 9.49. The number of nitrogens with one attached hydrogen (secondary N) is 1. The van der Waals surface area contributed by atoms with Gasteiger partial charge in [0.1, 0.15) is 0 Å². The molecule has 0 bridgehead atoms. The highest BCUT2D eigenvalue weighted by molar-refractivity contribution is 8.00. The van der Waals surface area contributed by atoms with Crippen LogP contribution >= 0.6 is 11.8 Å². The van der Waals surface area contributed by atoms with Crippen LogP contribution in [0.25, 0.3) is 0 Å². The maximum absolute atomic E-state index is 12.2. The minimum Gasteiger partial charge on any atom is -0.324 e. The Morgan fingerprint density at radius 1 is 1.35 bits per heavy atom. The van der Waals surface area contributed by atoms with E-state index < -0.39 is 10.0 Å². The van der Waals surface area contributed by atoms with Crippen molar-refractivity contribution in [3.8, 4) is 0 Å². The summed E-state index contributed by atoms with van der Waals surface area (Å²) in [5.41, 5.74) is 6.70. The second-order valence-electron chi connectivity index (χ2n) is 5.20. The first-order valence-corrected chi connectivity index (χ1v) is 9.49. The summed E-state index contributed by atoms with van der Waals surface area (Å²) in [7, 11) is -3.41. The second-order valence-corrected chi connectivity index (χ2v) is 8.37. The van der Waals surface area contributed by atoms with Gasteiger partial charge in [0.2, 0.25) is 10.0 Å². The van der Waals surface area contributed by atoms with Gasteiger partial charge in [-0.1, -0.05) is 18.6 Å². The third-order valence-electron chi connectivity index (χ3n) is 3.49. The molecule has 1 aliphatic rings. The lowest BCUT2D eigenvalue weighted by atomic mass is 10.1. The number of benzene rings is 1. The second kappa shape index (κ2) is 6.93. The molecule has 3 N–H and O–H groups in total. The van der Waals surface area contributed by atoms with E-state index in [4.69, 9.17) is 5.73 Å². The van der Waals surface area contributed by atoms with Crippen LogP contribution in [0.15, 0.2) is 29.2 Å². The lowest BCUT2D eigenvalue weighted by molar-refractivity contribution is 0.573. The first-order valence-electron chi connectivity index (χ1n) is 6.96. The summed E-state index contributed by atoms with van der Waals surface area (Å²) >= 11 is 1.86. The third-order valence-corrected chi connectivity index (χ3v) is 6.33. The van der Waals surface area contributed by atoms with E-state index in [9.17, 15) is 8.42 Å². The summed E-state index contributed by atoms with van der Waals surface area (Å²) in [4.78, 5) is 0.308. The van der Waals surface area contributed by atoms with Crippen molar-refractivity contribution in [1.29, 1.82) is 0 Å². The summed E-state index contributed by atoms with van der Waals surface area (Å²) in [6.07, 6.45) is 3.53. The van der Waals surface area contributed by atoms with Crippen LogP contribution in [-0.2, 0) is 10.0 Å². The monoisotopic (exact) mass is 314 g/mol. The van der Waals surface area contributed by atoms with Gasteiger partial charge >= 0.3 is 0 Å². The van der Waals surface area contributed by atoms with Crippen molar-refractivity contribution in [1.82, 2.24) is 4.72 Å². The van der Waals surface area contributed by atoms with Crippen molar-refractivity contribution in [3.05, 3.63) is 29.8 Å². The Morgan fingerprint density at radius 2 is 2.05 bits per heavy atom. The van der Waals surface area contributed by atoms with Gasteiger partial charge in [0.05, 0.1) is 4.90 Å². The number of rotatable bonds is 5. The molecule has 2 unspecified atom stereocenters. The maximum atomic E-state index is 12.2. The zero-order valence-electron chi connectivity index (χ0n) is 11.7. The van der Waals surface area contributed by atoms with Gasteiger partial charge in [-0.2, -0.15) is 11.8 Å².